The molecule has 0 unspecified atom stereocenters. The molecular weight excluding hydrogens is 941 g/mol. The van der Waals surface area contributed by atoms with Gasteiger partial charge >= 0.3 is 0 Å². The smallest absolute Gasteiger partial charge is 0.145 e. The fourth-order valence-corrected chi connectivity index (χ4v) is 16.7. The second kappa shape index (κ2) is 19.4. The Morgan fingerprint density at radius 1 is 0.111 bits per heavy atom. The third-order valence-electron chi connectivity index (χ3n) is 23.5. The number of hydrogen-bond acceptors (Lipinski definition) is 1. The van der Waals surface area contributed by atoms with Crippen LogP contribution in [-0.2, 0) is 0 Å². The summed E-state index contributed by atoms with van der Waals surface area (Å²) in [4.78, 5) is 0. The molecular formula is C50H60B30O. The van der Waals surface area contributed by atoms with Crippen molar-refractivity contribution in [1.29, 1.82) is 0 Å². The summed E-state index contributed by atoms with van der Waals surface area (Å²) in [5, 5.41) is 16.5. The lowest BCUT2D eigenvalue weighted by Gasteiger charge is -2.32. The van der Waals surface area contributed by atoms with Crippen LogP contribution < -0.4 is 164 Å². The van der Waals surface area contributed by atoms with Gasteiger partial charge in [-0.2, -0.15) is 0 Å². The molecule has 81 heavy (non-hydrogen) atoms. The van der Waals surface area contributed by atoms with Crippen molar-refractivity contribution in [3.63, 3.8) is 0 Å². The van der Waals surface area contributed by atoms with Crippen molar-refractivity contribution < 1.29 is 4.42 Å². The Kier molecular flexibility index (Phi) is 13.9. The molecule has 10 aromatic carbocycles. The van der Waals surface area contributed by atoms with E-state index in [1.165, 1.54) is 262 Å². The fourth-order valence-electron chi connectivity index (χ4n) is 16.7. The number of benzene rings is 10. The van der Waals surface area contributed by atoms with Gasteiger partial charge in [-0.15, -0.1) is 43.7 Å². The van der Waals surface area contributed by atoms with Crippen molar-refractivity contribution in [1.82, 2.24) is 0 Å². The van der Waals surface area contributed by atoms with E-state index < -0.39 is 0 Å². The summed E-state index contributed by atoms with van der Waals surface area (Å²) in [6, 6.07) is 0. The second-order valence-electron chi connectivity index (χ2n) is 26.3. The van der Waals surface area contributed by atoms with Crippen molar-refractivity contribution >= 4 is 475 Å². The van der Waals surface area contributed by atoms with Crippen LogP contribution in [0.1, 0.15) is 0 Å². The van der Waals surface area contributed by atoms with E-state index in [1.54, 1.807) is 0 Å². The molecule has 0 N–H and O–H groups in total. The third-order valence-corrected chi connectivity index (χ3v) is 23.5. The summed E-state index contributed by atoms with van der Waals surface area (Å²) >= 11 is 0. The highest BCUT2D eigenvalue weighted by Crippen LogP contribution is 2.43. The minimum absolute atomic E-state index is 1.02. The van der Waals surface area contributed by atoms with Gasteiger partial charge in [0.2, 0.25) is 0 Å². The maximum absolute atomic E-state index is 7.48. The summed E-state index contributed by atoms with van der Waals surface area (Å²) < 4.78 is 7.48. The van der Waals surface area contributed by atoms with Crippen LogP contribution in [0.3, 0.4) is 0 Å². The van der Waals surface area contributed by atoms with Gasteiger partial charge in [0.05, 0.1) is 0 Å². The molecule has 0 saturated heterocycles. The minimum Gasteiger partial charge on any atom is -0.457 e. The first-order chi connectivity index (χ1) is 37.8. The van der Waals surface area contributed by atoms with E-state index in [2.05, 4.69) is 235 Å². The van der Waals surface area contributed by atoms with Crippen LogP contribution >= 0.6 is 0 Å². The normalized spacial score (nSPS) is 12.0. The predicted molar refractivity (Wildman–Crippen MR) is 463 cm³/mol. The quantitative estimate of drug-likeness (QED) is 0.0977. The van der Waals surface area contributed by atoms with Crippen LogP contribution in [0.5, 0.6) is 0 Å². The molecule has 1 nitrogen and oxygen atoms in total. The first-order valence-corrected chi connectivity index (χ1v) is 30.2. The van der Waals surface area contributed by atoms with Crippen molar-refractivity contribution in [2.24, 2.45) is 0 Å². The van der Waals surface area contributed by atoms with Crippen LogP contribution in [0, 0.1) is 0 Å². The lowest BCUT2D eigenvalue weighted by atomic mass is 9.55. The topological polar surface area (TPSA) is 13.1 Å². The Morgan fingerprint density at radius 2 is 0.321 bits per heavy atom. The van der Waals surface area contributed by atoms with E-state index in [1.807, 2.05) is 0 Å². The molecule has 0 radical (unpaired) electrons. The van der Waals surface area contributed by atoms with Gasteiger partial charge < -0.3 is 4.42 Å². The Bertz CT molecular complexity index is 4820. The summed E-state index contributed by atoms with van der Waals surface area (Å²) in [7, 11) is 71.4. The molecule has 1 aromatic heterocycles. The monoisotopic (exact) mass is 1010 g/mol. The molecule has 356 valence electrons. The van der Waals surface area contributed by atoms with Gasteiger partial charge in [-0.05, 0) is 92.7 Å². The van der Waals surface area contributed by atoms with Crippen molar-refractivity contribution in [3.05, 3.63) is 0 Å². The average molecular weight is 1000 g/mol. The van der Waals surface area contributed by atoms with Crippen molar-refractivity contribution in [2.45, 2.75) is 0 Å². The zero-order valence-corrected chi connectivity index (χ0v) is 55.4. The summed E-state index contributed by atoms with van der Waals surface area (Å²) in [6.07, 6.45) is 0. The molecule has 1 heterocycles. The molecule has 0 atom stereocenters. The largest absolute Gasteiger partial charge is 0.457 e. The molecule has 0 fully saturated rings. The second-order valence-corrected chi connectivity index (χ2v) is 26.3. The highest BCUT2D eigenvalue weighted by Gasteiger charge is 2.33. The number of hydrogen-bond donors (Lipinski definition) is 0. The minimum atomic E-state index is 1.02. The maximum Gasteiger partial charge on any atom is 0.145 e. The number of furan rings is 1. The molecule has 0 bridgehead atoms. The molecule has 31 heteroatoms. The van der Waals surface area contributed by atoms with E-state index in [9.17, 15) is 0 Å². The first kappa shape index (κ1) is 58.0. The van der Waals surface area contributed by atoms with Gasteiger partial charge in [-0.3, -0.25) is 0 Å². The zero-order valence-electron chi connectivity index (χ0n) is 55.4. The standard InChI is InChI=1S/C50H60B30O/c51-19-12-8(9-13(31(63)30(12)62)35(67)44(76)43(75)27(9)59)21(53)32(64)14(19)16-33(65)28(60)11(29(61)34(16)66)2-5-3(22(54)39(71)41(73)24(5)56)1(4-6(2)25(57)42(74)40(72)23(4)55)7-10-18-20(52)15-17(37(69)46(78)45(77)36(15)68)38(70)50(18)81-49(10)48(80)47(79)26(7)58/h51-80H2. The first-order valence-electron chi connectivity index (χ1n) is 30.2. The molecule has 0 saturated carbocycles. The van der Waals surface area contributed by atoms with E-state index in [4.69, 9.17) is 4.42 Å². The maximum atomic E-state index is 7.48. The highest BCUT2D eigenvalue weighted by molar-refractivity contribution is 6.79. The SMILES string of the molecule is Bc1c(B)c(-c2c3c(B)c(B)c(B)c(B)c3c(-c3c(B)c(B)c(B)c4oc5c(B)c6c(B)c(B)c(B)c(B)c6c(B)c5c34)c3c(B)c(B)c(B)c(B)c23)c(B)c(B)c1-c1c(B)c(B)c2c(c1B)c(B)c(B)c1c(B)c(B)c(B)c(B)c12. The molecule has 0 aliphatic heterocycles. The van der Waals surface area contributed by atoms with Crippen LogP contribution in [0.2, 0.25) is 0 Å². The Balaban J connectivity index is 1.36. The zero-order chi connectivity index (χ0) is 59.6. The van der Waals surface area contributed by atoms with Crippen molar-refractivity contribution in [3.8, 4) is 33.4 Å². The van der Waals surface area contributed by atoms with Gasteiger partial charge in [0.15, 0.2) is 0 Å². The lowest BCUT2D eigenvalue weighted by molar-refractivity contribution is 0.675. The van der Waals surface area contributed by atoms with Crippen LogP contribution in [-0.4, -0.2) is 235 Å². The molecule has 0 aliphatic rings. The van der Waals surface area contributed by atoms with Crippen LogP contribution in [0.25, 0.3) is 109 Å². The fraction of sp³-hybridized carbons (Fsp3) is 0. The number of rotatable bonds is 3. The Morgan fingerprint density at radius 3 is 0.704 bits per heavy atom. The van der Waals surface area contributed by atoms with E-state index in [0.29, 0.717) is 0 Å². The Labute approximate surface area is 509 Å². The molecule has 0 spiro atoms. The highest BCUT2D eigenvalue weighted by atomic mass is 16.3. The molecule has 0 amide bonds. The van der Waals surface area contributed by atoms with Gasteiger partial charge in [0.1, 0.15) is 247 Å². The molecule has 0 aliphatic carbocycles. The predicted octanol–water partition coefficient (Wildman–Crippen LogP) is -37.9. The number of fused-ring (bicyclic) bond motifs is 9. The molecule has 11 rings (SSSR count). The van der Waals surface area contributed by atoms with E-state index in [0.717, 1.165) is 11.2 Å². The lowest BCUT2D eigenvalue weighted by Crippen LogP contribution is -2.52. The molecule has 11 aromatic rings. The Hall–Kier alpha value is -4.75. The summed E-state index contributed by atoms with van der Waals surface area (Å²) in [6.45, 7) is 0. The van der Waals surface area contributed by atoms with Gasteiger partial charge in [-0.25, -0.2) is 0 Å². The van der Waals surface area contributed by atoms with Gasteiger partial charge in [0.25, 0.3) is 0 Å². The average Bonchev–Trinajstić information content (AvgIpc) is 3.97. The van der Waals surface area contributed by atoms with E-state index >= 15 is 0 Å². The van der Waals surface area contributed by atoms with Crippen molar-refractivity contribution in [2.75, 3.05) is 0 Å². The van der Waals surface area contributed by atoms with Crippen LogP contribution in [0.4, 0.5) is 0 Å². The third kappa shape index (κ3) is 7.30. The van der Waals surface area contributed by atoms with Gasteiger partial charge in [0, 0.05) is 10.8 Å². The summed E-state index contributed by atoms with van der Waals surface area (Å²) in [5.41, 5.74) is 51.4. The summed E-state index contributed by atoms with van der Waals surface area (Å²) in [5.74, 6) is 0. The van der Waals surface area contributed by atoms with Crippen LogP contribution in [0.15, 0.2) is 4.42 Å². The van der Waals surface area contributed by atoms with Gasteiger partial charge in [-0.1, -0.05) is 115 Å². The van der Waals surface area contributed by atoms with E-state index in [-0.39, 0.29) is 0 Å².